The Balaban J connectivity index is 2.10. The second kappa shape index (κ2) is 7.47. The van der Waals surface area contributed by atoms with E-state index < -0.39 is 0 Å². The summed E-state index contributed by atoms with van der Waals surface area (Å²) in [6, 6.07) is 16.8. The molecule has 0 amide bonds. The van der Waals surface area contributed by atoms with Crippen LogP contribution in [0.4, 0.5) is 0 Å². The van der Waals surface area contributed by atoms with Gasteiger partial charge in [0.15, 0.2) is 5.76 Å². The van der Waals surface area contributed by atoms with Crippen LogP contribution in [0.15, 0.2) is 63.8 Å². The molecule has 0 fully saturated rings. The molecule has 0 saturated heterocycles. The normalized spacial score (nSPS) is 10.8. The van der Waals surface area contributed by atoms with Crippen molar-refractivity contribution >= 4 is 26.9 Å². The summed E-state index contributed by atoms with van der Waals surface area (Å²) in [5, 5.41) is 1.47. The van der Waals surface area contributed by atoms with Crippen LogP contribution in [0.25, 0.3) is 22.3 Å². The first-order chi connectivity index (χ1) is 11.3. The van der Waals surface area contributed by atoms with Crippen molar-refractivity contribution in [2.75, 3.05) is 11.9 Å². The molecule has 0 aliphatic heterocycles. The van der Waals surface area contributed by atoms with Crippen LogP contribution in [0.3, 0.4) is 0 Å². The van der Waals surface area contributed by atoms with Gasteiger partial charge in [-0.15, -0.1) is 0 Å². The molecule has 0 unspecified atom stereocenters. The molecule has 0 aliphatic rings. The smallest absolute Gasteiger partial charge is 0.235 e. The maximum absolute atomic E-state index is 12.8. The molecule has 3 aromatic rings. The number of benzene rings is 2. The first kappa shape index (κ1) is 15.8. The van der Waals surface area contributed by atoms with Gasteiger partial charge in [0.25, 0.3) is 0 Å². The lowest BCUT2D eigenvalue weighted by atomic mass is 10.1. The largest absolute Gasteiger partial charge is 0.486 e. The van der Waals surface area contributed by atoms with E-state index in [0.717, 1.165) is 23.7 Å². The molecule has 0 aliphatic carbocycles. The van der Waals surface area contributed by atoms with Gasteiger partial charge in [0.1, 0.15) is 5.58 Å². The van der Waals surface area contributed by atoms with Gasteiger partial charge < -0.3 is 9.15 Å². The van der Waals surface area contributed by atoms with Gasteiger partial charge >= 0.3 is 0 Å². The first-order valence-electron chi connectivity index (χ1n) is 7.61. The summed E-state index contributed by atoms with van der Waals surface area (Å²) in [6.07, 6.45) is 1.88. The third kappa shape index (κ3) is 3.48. The maximum atomic E-state index is 12.8. The van der Waals surface area contributed by atoms with E-state index in [4.69, 9.17) is 9.15 Å². The van der Waals surface area contributed by atoms with Gasteiger partial charge in [-0.2, -0.15) is 0 Å². The second-order valence-corrected chi connectivity index (χ2v) is 5.99. The average Bonchev–Trinajstić information content (AvgIpc) is 2.61. The Bertz CT molecular complexity index is 840. The minimum absolute atomic E-state index is 0.121. The first-order valence-corrected chi connectivity index (χ1v) is 8.73. The summed E-state index contributed by atoms with van der Waals surface area (Å²) in [7, 11) is 0. The molecule has 118 valence electrons. The molecule has 0 radical (unpaired) electrons. The van der Waals surface area contributed by atoms with Crippen LogP contribution < -0.4 is 10.2 Å². The Hall–Kier alpha value is -2.07. The molecule has 4 heteroatoms. The number of para-hydroxylation sites is 1. The van der Waals surface area contributed by atoms with E-state index in [1.807, 2.05) is 42.5 Å². The number of hydrogen-bond donors (Lipinski definition) is 0. The van der Waals surface area contributed by atoms with Crippen LogP contribution in [-0.2, 0) is 0 Å². The molecule has 1 heterocycles. The predicted molar refractivity (Wildman–Crippen MR) is 96.4 cm³/mol. The molecule has 0 spiro atoms. The zero-order valence-corrected chi connectivity index (χ0v) is 14.2. The minimum atomic E-state index is -0.121. The molecule has 3 rings (SSSR count). The molecular weight excluding hydrogens is 356 g/mol. The van der Waals surface area contributed by atoms with E-state index in [0.29, 0.717) is 29.1 Å². The monoisotopic (exact) mass is 372 g/mol. The van der Waals surface area contributed by atoms with Crippen molar-refractivity contribution in [3.05, 3.63) is 64.8 Å². The maximum Gasteiger partial charge on any atom is 0.235 e. The highest BCUT2D eigenvalue weighted by atomic mass is 79.9. The highest BCUT2D eigenvalue weighted by Crippen LogP contribution is 2.30. The van der Waals surface area contributed by atoms with Crippen LogP contribution in [0.5, 0.6) is 5.75 Å². The van der Waals surface area contributed by atoms with Crippen molar-refractivity contribution in [1.82, 2.24) is 0 Å². The lowest BCUT2D eigenvalue weighted by molar-refractivity contribution is 0.302. The van der Waals surface area contributed by atoms with Crippen LogP contribution in [-0.4, -0.2) is 11.9 Å². The second-order valence-electron chi connectivity index (χ2n) is 5.20. The summed E-state index contributed by atoms with van der Waals surface area (Å²) < 4.78 is 11.8. The lowest BCUT2D eigenvalue weighted by Gasteiger charge is -2.11. The Morgan fingerprint density at radius 3 is 2.48 bits per heavy atom. The highest BCUT2D eigenvalue weighted by Gasteiger charge is 2.17. The van der Waals surface area contributed by atoms with Crippen LogP contribution in [0, 0.1) is 0 Å². The fourth-order valence-corrected chi connectivity index (χ4v) is 2.80. The molecule has 3 nitrogen and oxygen atoms in total. The van der Waals surface area contributed by atoms with Crippen LogP contribution in [0.2, 0.25) is 0 Å². The van der Waals surface area contributed by atoms with Crippen molar-refractivity contribution in [1.29, 1.82) is 0 Å². The van der Waals surface area contributed by atoms with E-state index in [-0.39, 0.29) is 5.43 Å². The molecule has 0 N–H and O–H groups in total. The standard InChI is InChI=1S/C19H17BrO3/c20-12-6-7-13-22-19-17(21)15-10-4-5-11-16(15)23-18(19)14-8-2-1-3-9-14/h1-5,8-11H,6-7,12-13H2. The van der Waals surface area contributed by atoms with Gasteiger partial charge in [-0.3, -0.25) is 4.79 Å². The van der Waals surface area contributed by atoms with Gasteiger partial charge in [0, 0.05) is 10.9 Å². The Labute approximate surface area is 143 Å². The van der Waals surface area contributed by atoms with Gasteiger partial charge in [0.05, 0.1) is 12.0 Å². The van der Waals surface area contributed by atoms with E-state index in [9.17, 15) is 4.79 Å². The van der Waals surface area contributed by atoms with Crippen molar-refractivity contribution in [3.63, 3.8) is 0 Å². The summed E-state index contributed by atoms with van der Waals surface area (Å²) in [5.41, 5.74) is 1.29. The van der Waals surface area contributed by atoms with E-state index in [2.05, 4.69) is 15.9 Å². The zero-order valence-electron chi connectivity index (χ0n) is 12.6. The number of rotatable bonds is 6. The van der Waals surface area contributed by atoms with Crippen LogP contribution >= 0.6 is 15.9 Å². The summed E-state index contributed by atoms with van der Waals surface area (Å²) in [5.74, 6) is 0.789. The van der Waals surface area contributed by atoms with Gasteiger partial charge in [-0.05, 0) is 25.0 Å². The minimum Gasteiger partial charge on any atom is -0.486 e. The number of unbranched alkanes of at least 4 members (excludes halogenated alkanes) is 1. The molecular formula is C19H17BrO3. The number of ether oxygens (including phenoxy) is 1. The van der Waals surface area contributed by atoms with Crippen molar-refractivity contribution in [2.45, 2.75) is 12.8 Å². The SMILES string of the molecule is O=c1c(OCCCCBr)c(-c2ccccc2)oc2ccccc12. The van der Waals surface area contributed by atoms with E-state index in [1.165, 1.54) is 0 Å². The van der Waals surface area contributed by atoms with Crippen molar-refractivity contribution < 1.29 is 9.15 Å². The van der Waals surface area contributed by atoms with E-state index in [1.54, 1.807) is 12.1 Å². The molecule has 23 heavy (non-hydrogen) atoms. The van der Waals surface area contributed by atoms with Gasteiger partial charge in [0.2, 0.25) is 11.2 Å². The average molecular weight is 373 g/mol. The highest BCUT2D eigenvalue weighted by molar-refractivity contribution is 9.09. The Kier molecular flexibility index (Phi) is 5.13. The number of alkyl halides is 1. The predicted octanol–water partition coefficient (Wildman–Crippen LogP) is 5.01. The zero-order chi connectivity index (χ0) is 16.1. The Morgan fingerprint density at radius 1 is 0.957 bits per heavy atom. The molecule has 0 atom stereocenters. The van der Waals surface area contributed by atoms with Gasteiger partial charge in [-0.1, -0.05) is 58.4 Å². The summed E-state index contributed by atoms with van der Waals surface area (Å²) in [6.45, 7) is 0.495. The Morgan fingerprint density at radius 2 is 1.70 bits per heavy atom. The third-order valence-electron chi connectivity index (χ3n) is 3.57. The van der Waals surface area contributed by atoms with Crippen LogP contribution in [0.1, 0.15) is 12.8 Å². The summed E-state index contributed by atoms with van der Waals surface area (Å²) >= 11 is 3.40. The molecule has 1 aromatic heterocycles. The van der Waals surface area contributed by atoms with E-state index >= 15 is 0 Å². The fraction of sp³-hybridized carbons (Fsp3) is 0.211. The van der Waals surface area contributed by atoms with Gasteiger partial charge in [-0.25, -0.2) is 0 Å². The topological polar surface area (TPSA) is 39.4 Å². The molecule has 0 saturated carbocycles. The molecule has 0 bridgehead atoms. The lowest BCUT2D eigenvalue weighted by Crippen LogP contribution is -2.11. The number of hydrogen-bond acceptors (Lipinski definition) is 3. The number of fused-ring (bicyclic) bond motifs is 1. The quantitative estimate of drug-likeness (QED) is 0.450. The van der Waals surface area contributed by atoms with Crippen molar-refractivity contribution in [3.8, 4) is 17.1 Å². The molecule has 2 aromatic carbocycles. The number of halogens is 1. The fourth-order valence-electron chi connectivity index (χ4n) is 2.41. The third-order valence-corrected chi connectivity index (χ3v) is 4.13. The summed E-state index contributed by atoms with van der Waals surface area (Å²) in [4.78, 5) is 12.8. The van der Waals surface area contributed by atoms with Crippen molar-refractivity contribution in [2.24, 2.45) is 0 Å².